The molecule has 0 radical (unpaired) electrons. The maximum atomic E-state index is 12.6. The first kappa shape index (κ1) is 18.0. The summed E-state index contributed by atoms with van der Waals surface area (Å²) in [4.78, 5) is 24.2. The Bertz CT molecular complexity index is 786. The van der Waals surface area contributed by atoms with Crippen LogP contribution in [0.5, 0.6) is 5.75 Å². The average molecular weight is 352 g/mol. The van der Waals surface area contributed by atoms with Gasteiger partial charge >= 0.3 is 0 Å². The van der Waals surface area contributed by atoms with Gasteiger partial charge in [-0.15, -0.1) is 0 Å². The van der Waals surface area contributed by atoms with E-state index in [2.05, 4.69) is 22.8 Å². The number of methoxy groups -OCH3 is 1. The lowest BCUT2D eigenvalue weighted by atomic mass is 10.0. The van der Waals surface area contributed by atoms with Crippen LogP contribution in [0.15, 0.2) is 48.5 Å². The minimum atomic E-state index is -0.366. The van der Waals surface area contributed by atoms with Crippen molar-refractivity contribution in [2.75, 3.05) is 7.11 Å². The predicted molar refractivity (Wildman–Crippen MR) is 99.8 cm³/mol. The van der Waals surface area contributed by atoms with Gasteiger partial charge in [-0.1, -0.05) is 36.4 Å². The monoisotopic (exact) mass is 352 g/mol. The number of ether oxygens (including phenoxy) is 1. The lowest BCUT2D eigenvalue weighted by Crippen LogP contribution is -2.34. The minimum absolute atomic E-state index is 0.0487. The maximum Gasteiger partial charge on any atom is 0.222 e. The lowest BCUT2D eigenvalue weighted by molar-refractivity contribution is -0.123. The van der Waals surface area contributed by atoms with Gasteiger partial charge in [0.1, 0.15) is 5.75 Å². The number of benzene rings is 2. The Morgan fingerprint density at radius 2 is 1.88 bits per heavy atom. The molecule has 2 atom stereocenters. The molecule has 26 heavy (non-hydrogen) atoms. The van der Waals surface area contributed by atoms with E-state index in [0.717, 1.165) is 24.2 Å². The number of nitrogens with one attached hydrogen (secondary N) is 2. The van der Waals surface area contributed by atoms with E-state index in [4.69, 9.17) is 4.74 Å². The van der Waals surface area contributed by atoms with Crippen molar-refractivity contribution in [2.24, 2.45) is 0 Å². The summed E-state index contributed by atoms with van der Waals surface area (Å²) in [7, 11) is 1.60. The van der Waals surface area contributed by atoms with Crippen LogP contribution in [0.1, 0.15) is 48.5 Å². The smallest absolute Gasteiger partial charge is 0.222 e. The van der Waals surface area contributed by atoms with E-state index in [1.165, 1.54) is 18.1 Å². The fourth-order valence-corrected chi connectivity index (χ4v) is 3.48. The number of hydrogen-bond donors (Lipinski definition) is 2. The van der Waals surface area contributed by atoms with Gasteiger partial charge in [0.2, 0.25) is 11.8 Å². The first-order valence-corrected chi connectivity index (χ1v) is 8.85. The Balaban J connectivity index is 1.68. The summed E-state index contributed by atoms with van der Waals surface area (Å²) in [6.07, 6.45) is 2.09. The Kier molecular flexibility index (Phi) is 5.56. The molecular formula is C21H24N2O3. The molecule has 1 aliphatic carbocycles. The molecular weight excluding hydrogens is 328 g/mol. The van der Waals surface area contributed by atoms with Crippen LogP contribution < -0.4 is 15.4 Å². The molecule has 2 amide bonds. The fourth-order valence-electron chi connectivity index (χ4n) is 3.48. The van der Waals surface area contributed by atoms with Crippen molar-refractivity contribution in [3.63, 3.8) is 0 Å². The van der Waals surface area contributed by atoms with Crippen LogP contribution in [-0.2, 0) is 16.0 Å². The standard InChI is InChI=1S/C21H24N2O3/c1-14(24)22-20(16-7-10-17(26-2)11-8-16)13-21(25)23-19-12-9-15-5-3-4-6-18(15)19/h3-8,10-11,19-20H,9,12-13H2,1-2H3,(H,22,24)(H,23,25)/t19-,20+/m0/s1. The van der Waals surface area contributed by atoms with E-state index in [1.807, 2.05) is 36.4 Å². The Morgan fingerprint density at radius 1 is 1.15 bits per heavy atom. The number of amides is 2. The van der Waals surface area contributed by atoms with E-state index in [0.29, 0.717) is 0 Å². The SMILES string of the molecule is COc1ccc([C@@H](CC(=O)N[C@H]2CCc3ccccc32)NC(C)=O)cc1. The zero-order valence-electron chi connectivity index (χ0n) is 15.1. The van der Waals surface area contributed by atoms with Crippen LogP contribution in [0.2, 0.25) is 0 Å². The van der Waals surface area contributed by atoms with Gasteiger partial charge in [0.05, 0.1) is 25.6 Å². The lowest BCUT2D eigenvalue weighted by Gasteiger charge is -2.20. The van der Waals surface area contributed by atoms with Gasteiger partial charge in [-0.2, -0.15) is 0 Å². The van der Waals surface area contributed by atoms with E-state index < -0.39 is 0 Å². The van der Waals surface area contributed by atoms with Gasteiger partial charge in [-0.25, -0.2) is 0 Å². The molecule has 0 spiro atoms. The fraction of sp³-hybridized carbons (Fsp3) is 0.333. The third-order valence-electron chi connectivity index (χ3n) is 4.75. The molecule has 0 bridgehead atoms. The van der Waals surface area contributed by atoms with Crippen LogP contribution in [0.3, 0.4) is 0 Å². The van der Waals surface area contributed by atoms with E-state index in [-0.39, 0.29) is 30.3 Å². The Hall–Kier alpha value is -2.82. The molecule has 0 heterocycles. The van der Waals surface area contributed by atoms with Crippen LogP contribution in [-0.4, -0.2) is 18.9 Å². The van der Waals surface area contributed by atoms with Crippen molar-refractivity contribution in [2.45, 2.75) is 38.3 Å². The highest BCUT2D eigenvalue weighted by atomic mass is 16.5. The van der Waals surface area contributed by atoms with Crippen LogP contribution in [0, 0.1) is 0 Å². The normalized spacial score (nSPS) is 16.5. The molecule has 3 rings (SSSR count). The van der Waals surface area contributed by atoms with Gasteiger partial charge in [0.25, 0.3) is 0 Å². The van der Waals surface area contributed by atoms with Gasteiger partial charge in [0.15, 0.2) is 0 Å². The average Bonchev–Trinajstić information content (AvgIpc) is 3.04. The van der Waals surface area contributed by atoms with Gasteiger partial charge in [0, 0.05) is 6.92 Å². The third kappa shape index (κ3) is 4.23. The second-order valence-electron chi connectivity index (χ2n) is 6.59. The molecule has 0 saturated carbocycles. The number of rotatable bonds is 6. The molecule has 2 aromatic rings. The maximum absolute atomic E-state index is 12.6. The van der Waals surface area contributed by atoms with Crippen LogP contribution in [0.4, 0.5) is 0 Å². The molecule has 0 unspecified atom stereocenters. The minimum Gasteiger partial charge on any atom is -0.497 e. The quantitative estimate of drug-likeness (QED) is 0.840. The van der Waals surface area contributed by atoms with Crippen molar-refractivity contribution < 1.29 is 14.3 Å². The topological polar surface area (TPSA) is 67.4 Å². The molecule has 0 saturated heterocycles. The number of carbonyl (C=O) groups is 2. The highest BCUT2D eigenvalue weighted by Crippen LogP contribution is 2.31. The summed E-state index contributed by atoms with van der Waals surface area (Å²) < 4.78 is 5.17. The molecule has 1 aliphatic rings. The largest absolute Gasteiger partial charge is 0.497 e. The molecule has 0 fully saturated rings. The van der Waals surface area contributed by atoms with Gasteiger partial charge in [-0.05, 0) is 41.7 Å². The zero-order chi connectivity index (χ0) is 18.5. The van der Waals surface area contributed by atoms with Gasteiger partial charge in [-0.3, -0.25) is 9.59 Å². The number of fused-ring (bicyclic) bond motifs is 1. The summed E-state index contributed by atoms with van der Waals surface area (Å²) >= 11 is 0. The van der Waals surface area contributed by atoms with E-state index in [1.54, 1.807) is 7.11 Å². The van der Waals surface area contributed by atoms with Crippen molar-refractivity contribution in [3.8, 4) is 5.75 Å². The Morgan fingerprint density at radius 3 is 2.58 bits per heavy atom. The predicted octanol–water partition coefficient (Wildman–Crippen LogP) is 3.07. The van der Waals surface area contributed by atoms with Crippen molar-refractivity contribution in [1.82, 2.24) is 10.6 Å². The second-order valence-corrected chi connectivity index (χ2v) is 6.59. The highest BCUT2D eigenvalue weighted by Gasteiger charge is 2.25. The Labute approximate surface area is 153 Å². The zero-order valence-corrected chi connectivity index (χ0v) is 15.1. The first-order chi connectivity index (χ1) is 12.6. The molecule has 0 aliphatic heterocycles. The van der Waals surface area contributed by atoms with Crippen LogP contribution in [0.25, 0.3) is 0 Å². The molecule has 2 N–H and O–H groups in total. The molecule has 0 aromatic heterocycles. The van der Waals surface area contributed by atoms with Crippen molar-refractivity contribution in [1.29, 1.82) is 0 Å². The summed E-state index contributed by atoms with van der Waals surface area (Å²) in [5.74, 6) is 0.508. The number of hydrogen-bond acceptors (Lipinski definition) is 3. The number of carbonyl (C=O) groups excluding carboxylic acids is 2. The molecule has 136 valence electrons. The molecule has 5 heteroatoms. The molecule has 2 aromatic carbocycles. The van der Waals surface area contributed by atoms with Crippen molar-refractivity contribution >= 4 is 11.8 Å². The van der Waals surface area contributed by atoms with Crippen LogP contribution >= 0.6 is 0 Å². The second kappa shape index (κ2) is 8.04. The summed E-state index contributed by atoms with van der Waals surface area (Å²) in [6.45, 7) is 1.46. The third-order valence-corrected chi connectivity index (χ3v) is 4.75. The van der Waals surface area contributed by atoms with E-state index in [9.17, 15) is 9.59 Å². The number of aryl methyl sites for hydroxylation is 1. The highest BCUT2D eigenvalue weighted by molar-refractivity contribution is 5.79. The summed E-state index contributed by atoms with van der Waals surface area (Å²) in [6, 6.07) is 15.3. The van der Waals surface area contributed by atoms with Gasteiger partial charge < -0.3 is 15.4 Å². The summed E-state index contributed by atoms with van der Waals surface area (Å²) in [5.41, 5.74) is 3.37. The van der Waals surface area contributed by atoms with Crippen molar-refractivity contribution in [3.05, 3.63) is 65.2 Å². The van der Waals surface area contributed by atoms with E-state index >= 15 is 0 Å². The molecule has 5 nitrogen and oxygen atoms in total. The first-order valence-electron chi connectivity index (χ1n) is 8.85. The summed E-state index contributed by atoms with van der Waals surface area (Å²) in [5, 5.41) is 5.98.